The van der Waals surface area contributed by atoms with Crippen LogP contribution in [0.5, 0.6) is 0 Å². The molecule has 0 aromatic carbocycles. The van der Waals surface area contributed by atoms with Crippen molar-refractivity contribution in [1.82, 2.24) is 0 Å². The molecule has 0 aromatic heterocycles. The number of rotatable bonds is 10. The summed E-state index contributed by atoms with van der Waals surface area (Å²) in [6, 6.07) is 0. The van der Waals surface area contributed by atoms with E-state index in [0.717, 1.165) is 12.8 Å². The van der Waals surface area contributed by atoms with Gasteiger partial charge in [0.05, 0.1) is 6.10 Å². The predicted octanol–water partition coefficient (Wildman–Crippen LogP) is 8.19. The molecule has 0 spiro atoms. The smallest absolute Gasteiger partial charge is 0.193 e. The molecule has 0 saturated heterocycles. The van der Waals surface area contributed by atoms with Crippen LogP contribution in [-0.4, -0.2) is 34.1 Å². The molecule has 0 heterocycles. The zero-order chi connectivity index (χ0) is 24.3. The van der Waals surface area contributed by atoms with Crippen molar-refractivity contribution >= 4 is 22.4 Å². The normalized spacial score (nSPS) is 22.5. The average Bonchev–Trinajstić information content (AvgIpc) is 2.86. The lowest BCUT2D eigenvalue weighted by molar-refractivity contribution is -0.125. The van der Waals surface area contributed by atoms with E-state index in [-0.39, 0.29) is 22.0 Å². The molecule has 0 bridgehead atoms. The second kappa shape index (κ2) is 10.2. The zero-order valence-corrected chi connectivity index (χ0v) is 24.4. The second-order valence-corrected chi connectivity index (χ2v) is 21.9. The molecular formula is C26H50O3Si2. The first-order valence-corrected chi connectivity index (χ1v) is 18.0. The second-order valence-electron chi connectivity index (χ2n) is 12.5. The van der Waals surface area contributed by atoms with E-state index in [9.17, 15) is 4.79 Å². The fourth-order valence-electron chi connectivity index (χ4n) is 3.37. The van der Waals surface area contributed by atoms with E-state index in [4.69, 9.17) is 8.85 Å². The monoisotopic (exact) mass is 466 g/mol. The van der Waals surface area contributed by atoms with Gasteiger partial charge in [-0.1, -0.05) is 80.4 Å². The Balaban J connectivity index is 3.27. The van der Waals surface area contributed by atoms with Gasteiger partial charge in [-0.25, -0.2) is 0 Å². The van der Waals surface area contributed by atoms with E-state index in [1.165, 1.54) is 12.8 Å². The number of ketones is 1. The highest BCUT2D eigenvalue weighted by Gasteiger charge is 2.50. The molecule has 1 aliphatic rings. The highest BCUT2D eigenvalue weighted by atomic mass is 28.4. The third-order valence-electron chi connectivity index (χ3n) is 7.67. The van der Waals surface area contributed by atoms with Crippen LogP contribution in [-0.2, 0) is 13.6 Å². The molecule has 31 heavy (non-hydrogen) atoms. The highest BCUT2D eigenvalue weighted by Crippen LogP contribution is 2.44. The van der Waals surface area contributed by atoms with Gasteiger partial charge in [0.1, 0.15) is 5.60 Å². The van der Waals surface area contributed by atoms with E-state index >= 15 is 0 Å². The van der Waals surface area contributed by atoms with E-state index in [1.807, 2.05) is 0 Å². The summed E-state index contributed by atoms with van der Waals surface area (Å²) in [4.78, 5) is 13.3. The molecule has 1 aliphatic carbocycles. The number of hydrogen-bond donors (Lipinski definition) is 0. The lowest BCUT2D eigenvalue weighted by Crippen LogP contribution is -2.51. The summed E-state index contributed by atoms with van der Waals surface area (Å²) in [7, 11) is -4.06. The van der Waals surface area contributed by atoms with Crippen molar-refractivity contribution in [2.24, 2.45) is 0 Å². The molecule has 0 amide bonds. The number of carbonyl (C=O) groups is 1. The number of carbonyl (C=O) groups excluding carboxylic acids is 1. The molecule has 1 fully saturated rings. The summed E-state index contributed by atoms with van der Waals surface area (Å²) in [5.41, 5.74) is -0.184. The van der Waals surface area contributed by atoms with Crippen LogP contribution in [0.2, 0.25) is 36.3 Å². The molecule has 2 atom stereocenters. The van der Waals surface area contributed by atoms with Crippen molar-refractivity contribution in [3.05, 3.63) is 24.3 Å². The van der Waals surface area contributed by atoms with Crippen LogP contribution >= 0.6 is 0 Å². The summed E-state index contributed by atoms with van der Waals surface area (Å²) < 4.78 is 13.6. The van der Waals surface area contributed by atoms with Gasteiger partial charge >= 0.3 is 0 Å². The highest BCUT2D eigenvalue weighted by molar-refractivity contribution is 6.74. The van der Waals surface area contributed by atoms with Gasteiger partial charge in [-0.05, 0) is 67.2 Å². The maximum atomic E-state index is 13.3. The number of hydrogen-bond acceptors (Lipinski definition) is 3. The summed E-state index contributed by atoms with van der Waals surface area (Å²) in [5.74, 6) is 0.0632. The van der Waals surface area contributed by atoms with Crippen molar-refractivity contribution in [1.29, 1.82) is 0 Å². The number of unbranched alkanes of at least 4 members (excludes halogenated alkanes) is 2. The average molecular weight is 467 g/mol. The standard InChI is InChI=1S/C26H50O3Si2/c1-13-14-15-16-22(28-30(9,10)24(3,4)5)18-20-26(19-17-21(2)23(26)27)29-31(11,12)25(6,7)8/h18,20,22H,2,13-17,19H2,1,3-12H3. The fourth-order valence-corrected chi connectivity index (χ4v) is 6.16. The number of Topliss-reactive ketones (excluding diaryl/α,β-unsaturated/α-hetero) is 1. The third-order valence-corrected chi connectivity index (χ3v) is 16.7. The molecule has 0 aromatic rings. The van der Waals surface area contributed by atoms with Gasteiger partial charge in [-0.15, -0.1) is 0 Å². The van der Waals surface area contributed by atoms with Gasteiger partial charge in [0.2, 0.25) is 0 Å². The zero-order valence-electron chi connectivity index (χ0n) is 22.4. The summed E-state index contributed by atoms with van der Waals surface area (Å²) in [5, 5.41) is 0.187. The quantitative estimate of drug-likeness (QED) is 0.141. The molecule has 1 rings (SSSR count). The Morgan fingerprint density at radius 1 is 1.03 bits per heavy atom. The van der Waals surface area contributed by atoms with Crippen LogP contribution in [0.1, 0.15) is 87.0 Å². The van der Waals surface area contributed by atoms with E-state index in [1.54, 1.807) is 0 Å². The van der Waals surface area contributed by atoms with Crippen LogP contribution in [0.3, 0.4) is 0 Å². The third kappa shape index (κ3) is 7.24. The van der Waals surface area contributed by atoms with Gasteiger partial charge in [0, 0.05) is 0 Å². The molecular weight excluding hydrogens is 416 g/mol. The van der Waals surface area contributed by atoms with Gasteiger partial charge in [0.15, 0.2) is 22.4 Å². The van der Waals surface area contributed by atoms with Gasteiger partial charge in [0.25, 0.3) is 0 Å². The van der Waals surface area contributed by atoms with Crippen LogP contribution in [0.15, 0.2) is 24.3 Å². The van der Waals surface area contributed by atoms with Crippen LogP contribution in [0, 0.1) is 0 Å². The van der Waals surface area contributed by atoms with Gasteiger partial charge in [-0.2, -0.15) is 0 Å². The van der Waals surface area contributed by atoms with Crippen LogP contribution < -0.4 is 0 Å². The largest absolute Gasteiger partial charge is 0.411 e. The Kier molecular flexibility index (Phi) is 9.38. The Morgan fingerprint density at radius 3 is 2.00 bits per heavy atom. The Labute approximate surface area is 195 Å². The van der Waals surface area contributed by atoms with E-state index in [0.29, 0.717) is 18.4 Å². The summed E-state index contributed by atoms with van der Waals surface area (Å²) in [6.07, 6.45) is 10.1. The minimum absolute atomic E-state index is 0.0222. The maximum absolute atomic E-state index is 13.3. The van der Waals surface area contributed by atoms with Crippen molar-refractivity contribution in [2.45, 2.75) is 135 Å². The van der Waals surface area contributed by atoms with Gasteiger partial charge < -0.3 is 8.85 Å². The first-order valence-electron chi connectivity index (χ1n) is 12.2. The van der Waals surface area contributed by atoms with Crippen molar-refractivity contribution in [2.75, 3.05) is 0 Å². The fraction of sp³-hybridized carbons (Fsp3) is 0.808. The van der Waals surface area contributed by atoms with Crippen molar-refractivity contribution in [3.63, 3.8) is 0 Å². The van der Waals surface area contributed by atoms with Crippen molar-refractivity contribution in [3.8, 4) is 0 Å². The topological polar surface area (TPSA) is 35.5 Å². The van der Waals surface area contributed by atoms with E-state index in [2.05, 4.69) is 93.4 Å². The lowest BCUT2D eigenvalue weighted by atomic mass is 9.98. The molecule has 2 unspecified atom stereocenters. The molecule has 0 aliphatic heterocycles. The first kappa shape index (κ1) is 28.5. The molecule has 1 saturated carbocycles. The molecule has 5 heteroatoms. The molecule has 180 valence electrons. The summed E-state index contributed by atoms with van der Waals surface area (Å²) in [6.45, 7) is 28.8. The molecule has 0 N–H and O–H groups in total. The Hall–Kier alpha value is -0.496. The predicted molar refractivity (Wildman–Crippen MR) is 140 cm³/mol. The van der Waals surface area contributed by atoms with Crippen molar-refractivity contribution < 1.29 is 13.6 Å². The first-order chi connectivity index (χ1) is 13.9. The van der Waals surface area contributed by atoms with Gasteiger partial charge in [-0.3, -0.25) is 4.79 Å². The Bertz CT molecular complexity index is 665. The molecule has 3 nitrogen and oxygen atoms in total. The lowest BCUT2D eigenvalue weighted by Gasteiger charge is -2.42. The molecule has 0 radical (unpaired) electrons. The minimum Gasteiger partial charge on any atom is -0.411 e. The van der Waals surface area contributed by atoms with Crippen LogP contribution in [0.4, 0.5) is 0 Å². The van der Waals surface area contributed by atoms with Crippen LogP contribution in [0.25, 0.3) is 0 Å². The summed E-state index contributed by atoms with van der Waals surface area (Å²) >= 11 is 0. The Morgan fingerprint density at radius 2 is 1.58 bits per heavy atom. The minimum atomic E-state index is -2.14. The maximum Gasteiger partial charge on any atom is 0.193 e. The SMILES string of the molecule is C=C1CCC(C=CC(CCCCC)O[Si](C)(C)C(C)(C)C)(O[Si](C)(C)C(C)(C)C)C1=O. The van der Waals surface area contributed by atoms with E-state index < -0.39 is 22.2 Å².